The molecule has 1 aromatic heterocycles. The van der Waals surface area contributed by atoms with Gasteiger partial charge in [-0.2, -0.15) is 0 Å². The molecule has 6 heteroatoms. The van der Waals surface area contributed by atoms with Gasteiger partial charge in [0, 0.05) is 10.6 Å². The number of thioether (sulfide) groups is 1. The van der Waals surface area contributed by atoms with Gasteiger partial charge < -0.3 is 0 Å². The minimum absolute atomic E-state index is 0.104. The normalized spacial score (nSPS) is 10.5. The smallest absolute Gasteiger partial charge is 0.209 e. The third-order valence-electron chi connectivity index (χ3n) is 1.99. The summed E-state index contributed by atoms with van der Waals surface area (Å²) in [6.45, 7) is 1.54. The molecule has 2 aromatic rings. The van der Waals surface area contributed by atoms with Crippen LogP contribution in [0.5, 0.6) is 0 Å². The highest BCUT2D eigenvalue weighted by Crippen LogP contribution is 2.20. The number of carbonyl (C=O) groups is 1. The molecule has 1 N–H and O–H groups in total. The number of hydrogen-bond donors (Lipinski definition) is 1. The average Bonchev–Trinajstić information content (AvgIpc) is 2.76. The molecule has 1 aromatic carbocycles. The fourth-order valence-electron chi connectivity index (χ4n) is 1.21. The minimum Gasteiger partial charge on any atom is -0.299 e. The maximum Gasteiger partial charge on any atom is 0.209 e. The van der Waals surface area contributed by atoms with Crippen LogP contribution in [-0.4, -0.2) is 26.7 Å². The highest BCUT2D eigenvalue weighted by molar-refractivity contribution is 7.99. The van der Waals surface area contributed by atoms with Crippen LogP contribution in [0.15, 0.2) is 29.4 Å². The molecule has 0 unspecified atom stereocenters. The van der Waals surface area contributed by atoms with Gasteiger partial charge >= 0.3 is 0 Å². The predicted molar refractivity (Wildman–Crippen MR) is 68.2 cm³/mol. The molecule has 0 atom stereocenters. The second-order valence-electron chi connectivity index (χ2n) is 3.46. The van der Waals surface area contributed by atoms with E-state index in [0.29, 0.717) is 21.8 Å². The molecule has 1 heterocycles. The number of carbonyl (C=O) groups excluding carboxylic acids is 1. The second-order valence-corrected chi connectivity index (χ2v) is 4.84. The topological polar surface area (TPSA) is 58.6 Å². The van der Waals surface area contributed by atoms with Crippen LogP contribution in [0, 0.1) is 0 Å². The maximum absolute atomic E-state index is 10.8. The van der Waals surface area contributed by atoms with Gasteiger partial charge in [0.2, 0.25) is 5.16 Å². The lowest BCUT2D eigenvalue weighted by atomic mass is 10.2. The second kappa shape index (κ2) is 5.33. The Kier molecular flexibility index (Phi) is 3.81. The summed E-state index contributed by atoms with van der Waals surface area (Å²) in [5.74, 6) is 1.17. The summed E-state index contributed by atoms with van der Waals surface area (Å²) in [6.07, 6.45) is 0. The number of nitrogens with zero attached hydrogens (tertiary/aromatic N) is 2. The van der Waals surface area contributed by atoms with Gasteiger partial charge in [0.15, 0.2) is 5.82 Å². The van der Waals surface area contributed by atoms with E-state index in [1.807, 2.05) is 12.1 Å². The van der Waals surface area contributed by atoms with Crippen LogP contribution in [0.1, 0.15) is 6.92 Å². The molecule has 88 valence electrons. The molecule has 0 amide bonds. The summed E-state index contributed by atoms with van der Waals surface area (Å²) >= 11 is 7.12. The molecule has 0 radical (unpaired) electrons. The Hall–Kier alpha value is -1.33. The molecule has 0 saturated heterocycles. The van der Waals surface area contributed by atoms with Crippen molar-refractivity contribution in [1.29, 1.82) is 0 Å². The van der Waals surface area contributed by atoms with Gasteiger partial charge in [0.1, 0.15) is 5.78 Å². The Morgan fingerprint density at radius 3 is 2.76 bits per heavy atom. The number of aromatic nitrogens is 3. The van der Waals surface area contributed by atoms with Gasteiger partial charge in [-0.15, -0.1) is 5.10 Å². The van der Waals surface area contributed by atoms with Crippen molar-refractivity contribution in [2.24, 2.45) is 0 Å². The van der Waals surface area contributed by atoms with E-state index < -0.39 is 0 Å². The fraction of sp³-hybridized carbons (Fsp3) is 0.182. The molecule has 0 spiro atoms. The van der Waals surface area contributed by atoms with Gasteiger partial charge in [-0.1, -0.05) is 23.4 Å². The third kappa shape index (κ3) is 3.31. The number of Topliss-reactive ketones (excluding diaryl/α,β-unsaturated/α-hetero) is 1. The zero-order valence-electron chi connectivity index (χ0n) is 9.11. The molecule has 0 bridgehead atoms. The first-order chi connectivity index (χ1) is 8.15. The van der Waals surface area contributed by atoms with Crippen molar-refractivity contribution in [3.05, 3.63) is 29.3 Å². The Morgan fingerprint density at radius 1 is 1.41 bits per heavy atom. The van der Waals surface area contributed by atoms with Crippen LogP contribution in [0.2, 0.25) is 5.02 Å². The van der Waals surface area contributed by atoms with Crippen molar-refractivity contribution in [2.45, 2.75) is 12.1 Å². The predicted octanol–water partition coefficient (Wildman–Crippen LogP) is 2.81. The van der Waals surface area contributed by atoms with Crippen LogP contribution in [0.3, 0.4) is 0 Å². The highest BCUT2D eigenvalue weighted by Gasteiger charge is 2.06. The van der Waals surface area contributed by atoms with Crippen molar-refractivity contribution >= 4 is 29.1 Å². The van der Waals surface area contributed by atoms with E-state index in [-0.39, 0.29) is 5.78 Å². The monoisotopic (exact) mass is 267 g/mol. The summed E-state index contributed by atoms with van der Waals surface area (Å²) in [4.78, 5) is 15.1. The van der Waals surface area contributed by atoms with E-state index in [4.69, 9.17) is 11.6 Å². The Balaban J connectivity index is 2.12. The molecule has 0 aliphatic carbocycles. The lowest BCUT2D eigenvalue weighted by Gasteiger charge is -1.95. The summed E-state index contributed by atoms with van der Waals surface area (Å²) in [6, 6.07) is 7.31. The van der Waals surface area contributed by atoms with E-state index in [0.717, 1.165) is 5.56 Å². The molecular formula is C11H10ClN3OS. The van der Waals surface area contributed by atoms with Gasteiger partial charge in [-0.25, -0.2) is 4.98 Å². The van der Waals surface area contributed by atoms with E-state index in [9.17, 15) is 4.79 Å². The van der Waals surface area contributed by atoms with Gasteiger partial charge in [0.25, 0.3) is 0 Å². The molecule has 2 rings (SSSR count). The maximum atomic E-state index is 10.8. The first-order valence-electron chi connectivity index (χ1n) is 4.96. The van der Waals surface area contributed by atoms with Crippen LogP contribution < -0.4 is 0 Å². The minimum atomic E-state index is 0.104. The Morgan fingerprint density at radius 2 is 2.12 bits per heavy atom. The fourth-order valence-corrected chi connectivity index (χ4v) is 1.94. The number of benzene rings is 1. The largest absolute Gasteiger partial charge is 0.299 e. The molecule has 17 heavy (non-hydrogen) atoms. The highest BCUT2D eigenvalue weighted by atomic mass is 35.5. The van der Waals surface area contributed by atoms with Gasteiger partial charge in [-0.05, 0) is 31.2 Å². The summed E-state index contributed by atoms with van der Waals surface area (Å²) in [5, 5.41) is 8.11. The van der Waals surface area contributed by atoms with E-state index in [1.165, 1.54) is 11.8 Å². The van der Waals surface area contributed by atoms with Crippen molar-refractivity contribution in [2.75, 3.05) is 5.75 Å². The van der Waals surface area contributed by atoms with E-state index in [1.54, 1.807) is 19.1 Å². The van der Waals surface area contributed by atoms with Crippen LogP contribution >= 0.6 is 23.4 Å². The summed E-state index contributed by atoms with van der Waals surface area (Å²) in [5.41, 5.74) is 0.913. The Labute approximate surface area is 108 Å². The number of hydrogen-bond acceptors (Lipinski definition) is 4. The molecule has 4 nitrogen and oxygen atoms in total. The number of nitrogens with one attached hydrogen (secondary N) is 1. The molecule has 0 aliphatic heterocycles. The lowest BCUT2D eigenvalue weighted by molar-refractivity contribution is -0.114. The molecule has 0 aliphatic rings. The number of H-pyrrole nitrogens is 1. The molecule has 0 fully saturated rings. The number of ketones is 1. The molecular weight excluding hydrogens is 258 g/mol. The van der Waals surface area contributed by atoms with Gasteiger partial charge in [0.05, 0.1) is 5.75 Å². The van der Waals surface area contributed by atoms with Crippen molar-refractivity contribution in [3.63, 3.8) is 0 Å². The summed E-state index contributed by atoms with van der Waals surface area (Å²) < 4.78 is 0. The van der Waals surface area contributed by atoms with Crippen molar-refractivity contribution in [1.82, 2.24) is 15.2 Å². The number of aromatic amines is 1. The Bertz CT molecular complexity index is 524. The standard InChI is InChI=1S/C11H10ClN3OS/c1-7(16)6-17-11-13-10(14-15-11)8-2-4-9(12)5-3-8/h2-5H,6H2,1H3,(H,13,14,15). The first kappa shape index (κ1) is 12.1. The van der Waals surface area contributed by atoms with Crippen LogP contribution in [-0.2, 0) is 4.79 Å². The lowest BCUT2D eigenvalue weighted by Crippen LogP contribution is -1.93. The quantitative estimate of drug-likeness (QED) is 0.866. The zero-order chi connectivity index (χ0) is 12.3. The first-order valence-corrected chi connectivity index (χ1v) is 6.32. The zero-order valence-corrected chi connectivity index (χ0v) is 10.7. The van der Waals surface area contributed by atoms with Crippen LogP contribution in [0.4, 0.5) is 0 Å². The number of halogens is 1. The van der Waals surface area contributed by atoms with E-state index in [2.05, 4.69) is 15.2 Å². The van der Waals surface area contributed by atoms with Crippen molar-refractivity contribution < 1.29 is 4.79 Å². The third-order valence-corrected chi connectivity index (χ3v) is 3.23. The summed E-state index contributed by atoms with van der Waals surface area (Å²) in [7, 11) is 0. The van der Waals surface area contributed by atoms with Crippen LogP contribution in [0.25, 0.3) is 11.4 Å². The van der Waals surface area contributed by atoms with E-state index >= 15 is 0 Å². The number of rotatable bonds is 4. The van der Waals surface area contributed by atoms with Gasteiger partial charge in [-0.3, -0.25) is 9.89 Å². The average molecular weight is 268 g/mol. The SMILES string of the molecule is CC(=O)CSc1n[nH]c(-c2ccc(Cl)cc2)n1. The van der Waals surface area contributed by atoms with Crippen molar-refractivity contribution in [3.8, 4) is 11.4 Å². The molecule has 0 saturated carbocycles.